The lowest BCUT2D eigenvalue weighted by Gasteiger charge is -2.23. The SMILES string of the molecule is Cc1ccc(OCC(=O)NCCNC(=O)c2ccc(F)cc2)c(C(C)(C)C)c1. The van der Waals surface area contributed by atoms with Crippen LogP contribution in [0.1, 0.15) is 42.3 Å². The molecule has 5 nitrogen and oxygen atoms in total. The minimum absolute atomic E-state index is 0.0948. The summed E-state index contributed by atoms with van der Waals surface area (Å²) in [5.41, 5.74) is 2.46. The Kier molecular flexibility index (Phi) is 7.15. The van der Waals surface area contributed by atoms with Crippen LogP contribution in [0.4, 0.5) is 4.39 Å². The standard InChI is InChI=1S/C22H27FN2O3/c1-15-5-10-19(18(13-15)22(2,3)4)28-14-20(26)24-11-12-25-21(27)16-6-8-17(23)9-7-16/h5-10,13H,11-12,14H2,1-4H3,(H,24,26)(H,25,27). The van der Waals surface area contributed by atoms with Crippen molar-refractivity contribution in [3.63, 3.8) is 0 Å². The van der Waals surface area contributed by atoms with Crippen molar-refractivity contribution >= 4 is 11.8 Å². The molecule has 0 atom stereocenters. The summed E-state index contributed by atoms with van der Waals surface area (Å²) in [4.78, 5) is 23.9. The summed E-state index contributed by atoms with van der Waals surface area (Å²) < 4.78 is 18.6. The molecule has 0 spiro atoms. The largest absolute Gasteiger partial charge is 0.483 e. The molecule has 2 rings (SSSR count). The molecule has 0 saturated carbocycles. The molecule has 0 aliphatic carbocycles. The van der Waals surface area contributed by atoms with Crippen LogP contribution in [-0.2, 0) is 10.2 Å². The fourth-order valence-corrected chi connectivity index (χ4v) is 2.63. The van der Waals surface area contributed by atoms with Crippen molar-refractivity contribution in [1.29, 1.82) is 0 Å². The van der Waals surface area contributed by atoms with Crippen LogP contribution in [0.3, 0.4) is 0 Å². The van der Waals surface area contributed by atoms with E-state index in [2.05, 4.69) is 37.5 Å². The Hall–Kier alpha value is -2.89. The maximum atomic E-state index is 12.9. The summed E-state index contributed by atoms with van der Waals surface area (Å²) in [6, 6.07) is 11.2. The number of amides is 2. The van der Waals surface area contributed by atoms with E-state index < -0.39 is 5.82 Å². The van der Waals surface area contributed by atoms with E-state index in [1.807, 2.05) is 19.1 Å². The Morgan fingerprint density at radius 3 is 2.29 bits per heavy atom. The predicted octanol–water partition coefficient (Wildman–Crippen LogP) is 3.36. The molecule has 0 radical (unpaired) electrons. The van der Waals surface area contributed by atoms with Crippen LogP contribution in [0.5, 0.6) is 5.75 Å². The quantitative estimate of drug-likeness (QED) is 0.717. The second kappa shape index (κ2) is 9.35. The van der Waals surface area contributed by atoms with Crippen LogP contribution >= 0.6 is 0 Å². The molecule has 0 bridgehead atoms. The molecule has 2 aromatic rings. The number of nitrogens with one attached hydrogen (secondary N) is 2. The van der Waals surface area contributed by atoms with Gasteiger partial charge in [-0.05, 0) is 48.2 Å². The molecular formula is C22H27FN2O3. The summed E-state index contributed by atoms with van der Waals surface area (Å²) in [7, 11) is 0. The van der Waals surface area contributed by atoms with Crippen LogP contribution in [0, 0.1) is 12.7 Å². The van der Waals surface area contributed by atoms with Gasteiger partial charge in [0.05, 0.1) is 0 Å². The first kappa shape index (κ1) is 21.4. The van der Waals surface area contributed by atoms with Crippen molar-refractivity contribution in [2.24, 2.45) is 0 Å². The molecule has 150 valence electrons. The molecule has 0 saturated heterocycles. The summed E-state index contributed by atoms with van der Waals surface area (Å²) in [5.74, 6) is -0.290. The Bertz CT molecular complexity index is 827. The molecule has 2 aromatic carbocycles. The van der Waals surface area contributed by atoms with Gasteiger partial charge in [-0.1, -0.05) is 38.5 Å². The molecule has 2 N–H and O–H groups in total. The first-order valence-electron chi connectivity index (χ1n) is 9.21. The molecule has 0 aliphatic rings. The molecule has 6 heteroatoms. The Morgan fingerprint density at radius 1 is 1.00 bits per heavy atom. The summed E-state index contributed by atoms with van der Waals surface area (Å²) in [5, 5.41) is 5.37. The number of ether oxygens (including phenoxy) is 1. The smallest absolute Gasteiger partial charge is 0.258 e. The highest BCUT2D eigenvalue weighted by molar-refractivity contribution is 5.94. The molecule has 0 fully saturated rings. The van der Waals surface area contributed by atoms with Crippen molar-refractivity contribution in [2.45, 2.75) is 33.1 Å². The number of hydrogen-bond donors (Lipinski definition) is 2. The molecule has 0 unspecified atom stereocenters. The summed E-state index contributed by atoms with van der Waals surface area (Å²) in [6.45, 7) is 8.74. The highest BCUT2D eigenvalue weighted by Crippen LogP contribution is 2.32. The van der Waals surface area contributed by atoms with Crippen molar-refractivity contribution < 1.29 is 18.7 Å². The summed E-state index contributed by atoms with van der Waals surface area (Å²) >= 11 is 0. The Morgan fingerprint density at radius 2 is 1.64 bits per heavy atom. The zero-order chi connectivity index (χ0) is 20.7. The molecular weight excluding hydrogens is 359 g/mol. The lowest BCUT2D eigenvalue weighted by Crippen LogP contribution is -2.36. The highest BCUT2D eigenvalue weighted by Gasteiger charge is 2.19. The van der Waals surface area contributed by atoms with Crippen LogP contribution < -0.4 is 15.4 Å². The number of carbonyl (C=O) groups excluding carboxylic acids is 2. The van der Waals surface area contributed by atoms with Gasteiger partial charge in [-0.3, -0.25) is 9.59 Å². The minimum atomic E-state index is -0.396. The average molecular weight is 386 g/mol. The lowest BCUT2D eigenvalue weighted by molar-refractivity contribution is -0.123. The van der Waals surface area contributed by atoms with Gasteiger partial charge in [0.1, 0.15) is 11.6 Å². The predicted molar refractivity (Wildman–Crippen MR) is 107 cm³/mol. The van der Waals surface area contributed by atoms with Crippen molar-refractivity contribution in [1.82, 2.24) is 10.6 Å². The fourth-order valence-electron chi connectivity index (χ4n) is 2.63. The van der Waals surface area contributed by atoms with Crippen LogP contribution in [0.25, 0.3) is 0 Å². The van der Waals surface area contributed by atoms with Gasteiger partial charge in [0.15, 0.2) is 6.61 Å². The van der Waals surface area contributed by atoms with E-state index in [-0.39, 0.29) is 36.9 Å². The van der Waals surface area contributed by atoms with E-state index in [4.69, 9.17) is 4.74 Å². The molecule has 0 aromatic heterocycles. The maximum Gasteiger partial charge on any atom is 0.258 e. The van der Waals surface area contributed by atoms with Gasteiger partial charge in [-0.25, -0.2) is 4.39 Å². The third kappa shape index (κ3) is 6.37. The van der Waals surface area contributed by atoms with E-state index in [1.165, 1.54) is 24.3 Å². The number of benzene rings is 2. The first-order chi connectivity index (χ1) is 13.2. The van der Waals surface area contributed by atoms with Gasteiger partial charge < -0.3 is 15.4 Å². The zero-order valence-corrected chi connectivity index (χ0v) is 16.8. The monoisotopic (exact) mass is 386 g/mol. The third-order valence-electron chi connectivity index (χ3n) is 4.14. The van der Waals surface area contributed by atoms with Gasteiger partial charge in [0, 0.05) is 18.7 Å². The number of carbonyl (C=O) groups is 2. The second-order valence-electron chi connectivity index (χ2n) is 7.65. The number of aryl methyl sites for hydroxylation is 1. The van der Waals surface area contributed by atoms with Crippen molar-refractivity contribution in [3.05, 3.63) is 65.0 Å². The average Bonchev–Trinajstić information content (AvgIpc) is 2.64. The minimum Gasteiger partial charge on any atom is -0.483 e. The molecule has 0 heterocycles. The van der Waals surface area contributed by atoms with E-state index in [9.17, 15) is 14.0 Å². The van der Waals surface area contributed by atoms with E-state index in [0.29, 0.717) is 11.3 Å². The highest BCUT2D eigenvalue weighted by atomic mass is 19.1. The number of rotatable bonds is 7. The van der Waals surface area contributed by atoms with Crippen LogP contribution in [0.2, 0.25) is 0 Å². The second-order valence-corrected chi connectivity index (χ2v) is 7.65. The molecule has 2 amide bonds. The van der Waals surface area contributed by atoms with E-state index in [0.717, 1.165) is 11.1 Å². The van der Waals surface area contributed by atoms with Gasteiger partial charge in [0.25, 0.3) is 11.8 Å². The van der Waals surface area contributed by atoms with Crippen LogP contribution in [0.15, 0.2) is 42.5 Å². The van der Waals surface area contributed by atoms with Crippen LogP contribution in [-0.4, -0.2) is 31.5 Å². The molecule has 28 heavy (non-hydrogen) atoms. The normalized spacial score (nSPS) is 11.0. The van der Waals surface area contributed by atoms with E-state index in [1.54, 1.807) is 0 Å². The van der Waals surface area contributed by atoms with Gasteiger partial charge in [-0.15, -0.1) is 0 Å². The van der Waals surface area contributed by atoms with Gasteiger partial charge >= 0.3 is 0 Å². The van der Waals surface area contributed by atoms with Gasteiger partial charge in [-0.2, -0.15) is 0 Å². The number of hydrogen-bond acceptors (Lipinski definition) is 3. The van der Waals surface area contributed by atoms with Crippen molar-refractivity contribution in [3.8, 4) is 5.75 Å². The fraction of sp³-hybridized carbons (Fsp3) is 0.364. The zero-order valence-electron chi connectivity index (χ0n) is 16.8. The van der Waals surface area contributed by atoms with E-state index >= 15 is 0 Å². The Balaban J connectivity index is 1.76. The molecule has 0 aliphatic heterocycles. The number of halogens is 1. The third-order valence-corrected chi connectivity index (χ3v) is 4.14. The van der Waals surface area contributed by atoms with Gasteiger partial charge in [0.2, 0.25) is 0 Å². The van der Waals surface area contributed by atoms with Crippen molar-refractivity contribution in [2.75, 3.05) is 19.7 Å². The topological polar surface area (TPSA) is 67.4 Å². The summed E-state index contributed by atoms with van der Waals surface area (Å²) in [6.07, 6.45) is 0. The first-order valence-corrected chi connectivity index (χ1v) is 9.21. The Labute approximate surface area is 165 Å². The maximum absolute atomic E-state index is 12.9. The lowest BCUT2D eigenvalue weighted by atomic mass is 9.85.